The first-order valence-electron chi connectivity index (χ1n) is 13.2. The number of nitrogen functional groups attached to an aromatic ring is 1. The number of halogens is 1. The molecule has 1 fully saturated rings. The first-order chi connectivity index (χ1) is 19.0. The molecule has 0 radical (unpaired) electrons. The van der Waals surface area contributed by atoms with Crippen molar-refractivity contribution in [2.24, 2.45) is 0 Å². The number of nitrogens with two attached hydrogens (primary N) is 1. The molecule has 0 amide bonds. The van der Waals surface area contributed by atoms with E-state index < -0.39 is 0 Å². The molecule has 0 saturated heterocycles. The Bertz CT molecular complexity index is 1610. The van der Waals surface area contributed by atoms with Gasteiger partial charge in [-0.05, 0) is 68.0 Å². The van der Waals surface area contributed by atoms with Gasteiger partial charge in [0.25, 0.3) is 6.01 Å². The van der Waals surface area contributed by atoms with Crippen LogP contribution in [0, 0.1) is 6.92 Å². The van der Waals surface area contributed by atoms with Gasteiger partial charge >= 0.3 is 0 Å². The zero-order valence-electron chi connectivity index (χ0n) is 22.0. The summed E-state index contributed by atoms with van der Waals surface area (Å²) < 4.78 is 20.3. The lowest BCUT2D eigenvalue weighted by Crippen LogP contribution is -2.24. The van der Waals surface area contributed by atoms with Gasteiger partial charge in [0.05, 0.1) is 24.7 Å². The summed E-state index contributed by atoms with van der Waals surface area (Å²) in [5.41, 5.74) is 12.8. The van der Waals surface area contributed by atoms with Crippen molar-refractivity contribution in [3.8, 4) is 11.1 Å². The van der Waals surface area contributed by atoms with Gasteiger partial charge in [-0.25, -0.2) is 9.97 Å². The molecule has 1 saturated carbocycles. The standard InChI is InChI=1S/C29H31BrN6O3/c1-17-13-19(30)14-24-26(17)39-29(35-24)34-20-5-3-18(4-6-20)23-15-36(28-25(23)27(31)32-16-33-28)21-7-9-22(10-8-21)38-12-11-37-2/h3-6,13-16,21-22H,7-12H2,1-2H3,(H,34,35)(H2,31,32,33). The van der Waals surface area contributed by atoms with Crippen LogP contribution in [0.5, 0.6) is 0 Å². The molecule has 9 nitrogen and oxygen atoms in total. The number of rotatable bonds is 8. The van der Waals surface area contributed by atoms with Gasteiger partial charge in [-0.1, -0.05) is 28.1 Å². The van der Waals surface area contributed by atoms with Crippen LogP contribution in [0.15, 0.2) is 57.8 Å². The second kappa shape index (κ2) is 11.0. The second-order valence-corrected chi connectivity index (χ2v) is 10.9. The fourth-order valence-corrected chi connectivity index (χ4v) is 6.02. The van der Waals surface area contributed by atoms with Gasteiger partial charge in [0.2, 0.25) is 0 Å². The lowest BCUT2D eigenvalue weighted by atomic mass is 9.93. The zero-order valence-corrected chi connectivity index (χ0v) is 23.6. The van der Waals surface area contributed by atoms with Crippen LogP contribution in [0.2, 0.25) is 0 Å². The highest BCUT2D eigenvalue weighted by Gasteiger charge is 2.26. The van der Waals surface area contributed by atoms with Gasteiger partial charge in [0.1, 0.15) is 23.3 Å². The molecule has 5 aromatic rings. The van der Waals surface area contributed by atoms with Gasteiger partial charge in [-0.3, -0.25) is 0 Å². The molecule has 0 aliphatic heterocycles. The molecular weight excluding hydrogens is 560 g/mol. The molecule has 3 N–H and O–H groups in total. The third kappa shape index (κ3) is 5.24. The van der Waals surface area contributed by atoms with E-state index in [0.29, 0.717) is 31.1 Å². The Morgan fingerprint density at radius 2 is 1.90 bits per heavy atom. The summed E-state index contributed by atoms with van der Waals surface area (Å²) in [6.07, 6.45) is 8.07. The molecule has 0 spiro atoms. The van der Waals surface area contributed by atoms with Gasteiger partial charge in [0, 0.05) is 35.1 Å². The van der Waals surface area contributed by atoms with E-state index in [-0.39, 0.29) is 6.10 Å². The number of aromatic nitrogens is 4. The number of hydrogen-bond acceptors (Lipinski definition) is 8. The Hall–Kier alpha value is -3.47. The number of nitrogens with zero attached hydrogens (tertiary/aromatic N) is 4. The Morgan fingerprint density at radius 1 is 1.10 bits per heavy atom. The minimum Gasteiger partial charge on any atom is -0.423 e. The summed E-state index contributed by atoms with van der Waals surface area (Å²) in [4.78, 5) is 13.5. The van der Waals surface area contributed by atoms with E-state index in [1.807, 2.05) is 31.2 Å². The Balaban J connectivity index is 1.24. The molecule has 0 unspecified atom stereocenters. The summed E-state index contributed by atoms with van der Waals surface area (Å²) in [7, 11) is 1.70. The highest BCUT2D eigenvalue weighted by molar-refractivity contribution is 9.10. The molecule has 2 aromatic carbocycles. The van der Waals surface area contributed by atoms with Crippen LogP contribution in [0.25, 0.3) is 33.3 Å². The molecule has 0 bridgehead atoms. The topological polar surface area (TPSA) is 113 Å². The summed E-state index contributed by atoms with van der Waals surface area (Å²) in [6.45, 7) is 3.27. The van der Waals surface area contributed by atoms with E-state index in [1.54, 1.807) is 13.4 Å². The fraction of sp³-hybridized carbons (Fsp3) is 0.345. The number of oxazole rings is 1. The average Bonchev–Trinajstić information content (AvgIpc) is 3.52. The molecule has 6 rings (SSSR count). The lowest BCUT2D eigenvalue weighted by molar-refractivity contribution is -0.00621. The normalized spacial score (nSPS) is 17.7. The Labute approximate surface area is 234 Å². The van der Waals surface area contributed by atoms with Crippen molar-refractivity contribution in [2.75, 3.05) is 31.4 Å². The monoisotopic (exact) mass is 590 g/mol. The highest BCUT2D eigenvalue weighted by Crippen LogP contribution is 2.39. The maximum Gasteiger partial charge on any atom is 0.300 e. The van der Waals surface area contributed by atoms with Crippen molar-refractivity contribution in [1.29, 1.82) is 0 Å². The molecule has 202 valence electrons. The zero-order chi connectivity index (χ0) is 26.9. The van der Waals surface area contributed by atoms with E-state index >= 15 is 0 Å². The minimum absolute atomic E-state index is 0.282. The quantitative estimate of drug-likeness (QED) is 0.190. The number of anilines is 3. The molecule has 1 aliphatic carbocycles. The second-order valence-electron chi connectivity index (χ2n) is 9.99. The molecular formula is C29H31BrN6O3. The van der Waals surface area contributed by atoms with Crippen molar-refractivity contribution >= 4 is 55.6 Å². The summed E-state index contributed by atoms with van der Waals surface area (Å²) >= 11 is 3.52. The Kier molecular flexibility index (Phi) is 7.24. The Morgan fingerprint density at radius 3 is 2.67 bits per heavy atom. The maximum absolute atomic E-state index is 6.39. The van der Waals surface area contributed by atoms with E-state index in [2.05, 4.69) is 59.1 Å². The summed E-state index contributed by atoms with van der Waals surface area (Å²) in [5, 5.41) is 4.16. The van der Waals surface area contributed by atoms with Gasteiger partial charge in [-0.15, -0.1) is 0 Å². The number of aryl methyl sites for hydroxylation is 1. The van der Waals surface area contributed by atoms with Crippen molar-refractivity contribution in [3.63, 3.8) is 0 Å². The van der Waals surface area contributed by atoms with E-state index in [1.165, 1.54) is 0 Å². The third-order valence-electron chi connectivity index (χ3n) is 7.40. The van der Waals surface area contributed by atoms with Crippen LogP contribution in [-0.2, 0) is 9.47 Å². The fourth-order valence-electron chi connectivity index (χ4n) is 5.46. The van der Waals surface area contributed by atoms with E-state index in [0.717, 1.165) is 74.7 Å². The van der Waals surface area contributed by atoms with E-state index in [9.17, 15) is 0 Å². The maximum atomic E-state index is 6.39. The minimum atomic E-state index is 0.282. The van der Waals surface area contributed by atoms with Crippen molar-refractivity contribution in [2.45, 2.75) is 44.8 Å². The van der Waals surface area contributed by atoms with E-state index in [4.69, 9.17) is 19.6 Å². The number of fused-ring (bicyclic) bond motifs is 2. The molecule has 39 heavy (non-hydrogen) atoms. The number of benzene rings is 2. The summed E-state index contributed by atoms with van der Waals surface area (Å²) in [6, 6.07) is 12.9. The van der Waals surface area contributed by atoms with Gasteiger partial charge < -0.3 is 29.5 Å². The van der Waals surface area contributed by atoms with Crippen molar-refractivity contribution in [3.05, 3.63) is 59.0 Å². The molecule has 1 aliphatic rings. The van der Waals surface area contributed by atoms with Crippen molar-refractivity contribution in [1.82, 2.24) is 19.5 Å². The van der Waals surface area contributed by atoms with Crippen LogP contribution in [0.1, 0.15) is 37.3 Å². The third-order valence-corrected chi connectivity index (χ3v) is 7.86. The largest absolute Gasteiger partial charge is 0.423 e. The van der Waals surface area contributed by atoms with Crippen LogP contribution in [0.3, 0.4) is 0 Å². The average molecular weight is 592 g/mol. The van der Waals surface area contributed by atoms with Gasteiger partial charge in [-0.2, -0.15) is 4.98 Å². The van der Waals surface area contributed by atoms with Crippen LogP contribution in [0.4, 0.5) is 17.5 Å². The van der Waals surface area contributed by atoms with Crippen molar-refractivity contribution < 1.29 is 13.9 Å². The molecule has 3 aromatic heterocycles. The van der Waals surface area contributed by atoms with Crippen LogP contribution < -0.4 is 11.1 Å². The molecule has 10 heteroatoms. The van der Waals surface area contributed by atoms with Gasteiger partial charge in [0.15, 0.2) is 5.58 Å². The van der Waals surface area contributed by atoms with Crippen LogP contribution in [-0.4, -0.2) is 45.9 Å². The molecule has 0 atom stereocenters. The van der Waals surface area contributed by atoms with Crippen LogP contribution >= 0.6 is 15.9 Å². The number of nitrogens with one attached hydrogen (secondary N) is 1. The predicted molar refractivity (Wildman–Crippen MR) is 156 cm³/mol. The predicted octanol–water partition coefficient (Wildman–Crippen LogP) is 6.78. The first kappa shape index (κ1) is 25.8. The number of methoxy groups -OCH3 is 1. The first-order valence-corrected chi connectivity index (χ1v) is 13.9. The lowest BCUT2D eigenvalue weighted by Gasteiger charge is -2.29. The summed E-state index contributed by atoms with van der Waals surface area (Å²) in [5.74, 6) is 0.487. The molecule has 3 heterocycles. The highest BCUT2D eigenvalue weighted by atomic mass is 79.9. The smallest absolute Gasteiger partial charge is 0.300 e. The number of hydrogen-bond donors (Lipinski definition) is 2. The number of ether oxygens (including phenoxy) is 2. The SMILES string of the molecule is COCCOC1CCC(n2cc(-c3ccc(Nc4nc5cc(Br)cc(C)c5o4)cc3)c3c(N)ncnc32)CC1.